The van der Waals surface area contributed by atoms with Gasteiger partial charge in [-0.25, -0.2) is 32.1 Å². The lowest BCUT2D eigenvalue weighted by molar-refractivity contribution is 0.130. The molecule has 4 N–H and O–H groups in total. The molecule has 0 atom stereocenters. The van der Waals surface area contributed by atoms with Gasteiger partial charge in [0, 0.05) is 40.8 Å². The Labute approximate surface area is 260 Å². The van der Waals surface area contributed by atoms with Gasteiger partial charge in [0.25, 0.3) is 0 Å². The van der Waals surface area contributed by atoms with Gasteiger partial charge in [0.05, 0.1) is 15.9 Å². The van der Waals surface area contributed by atoms with Crippen molar-refractivity contribution in [3.63, 3.8) is 0 Å². The number of benzene rings is 3. The summed E-state index contributed by atoms with van der Waals surface area (Å²) < 4.78 is 49.9. The molecule has 0 saturated heterocycles. The van der Waals surface area contributed by atoms with Gasteiger partial charge in [-0.2, -0.15) is 0 Å². The fourth-order valence-corrected chi connectivity index (χ4v) is 6.80. The van der Waals surface area contributed by atoms with Crippen molar-refractivity contribution in [1.29, 1.82) is 0 Å². The summed E-state index contributed by atoms with van der Waals surface area (Å²) in [7, 11) is -4.07. The fourth-order valence-electron chi connectivity index (χ4n) is 4.09. The number of anilines is 2. The number of thiazole rings is 1. The molecule has 0 aliphatic carbocycles. The van der Waals surface area contributed by atoms with E-state index in [0.717, 1.165) is 23.0 Å². The van der Waals surface area contributed by atoms with Gasteiger partial charge < -0.3 is 15.4 Å². The first kappa shape index (κ1) is 32.6. The number of urea groups is 1. The molecule has 0 saturated carbocycles. The first-order valence-corrected chi connectivity index (χ1v) is 16.0. The maximum absolute atomic E-state index is 15.1. The highest BCUT2D eigenvalue weighted by Gasteiger charge is 2.27. The maximum Gasteiger partial charge on any atom is 0.411 e. The normalized spacial score (nSPS) is 11.7. The highest BCUT2D eigenvalue weighted by molar-refractivity contribution is 7.89. The molecule has 0 bridgehead atoms. The molecule has 0 radical (unpaired) electrons. The van der Waals surface area contributed by atoms with E-state index in [1.165, 1.54) is 24.4 Å². The maximum atomic E-state index is 15.1. The monoisotopic (exact) mass is 639 g/mol. The summed E-state index contributed by atoms with van der Waals surface area (Å²) in [5, 5.41) is 8.23. The third-order valence-electron chi connectivity index (χ3n) is 5.83. The summed E-state index contributed by atoms with van der Waals surface area (Å²) >= 11 is 1.10. The minimum absolute atomic E-state index is 0.0767. The highest BCUT2D eigenvalue weighted by Crippen LogP contribution is 2.38. The molecule has 13 heteroatoms. The standard InChI is InChI=1S/C31H34FN5O5S2/c1-19(2)42-30(39)36-21-11-13-23(25(32)15-21)28-33-18-26(43-28)24-14-12-22(16-27(24)44(40,41)37-31(3,4)5)35-29(38)34-17-20-9-7-6-8-10-20/h6-16,18-19,37H,17H2,1-5H3,(H,36,39)(H2,34,35,38). The average Bonchev–Trinajstić information content (AvgIpc) is 3.40. The van der Waals surface area contributed by atoms with E-state index in [9.17, 15) is 18.0 Å². The second-order valence-electron chi connectivity index (χ2n) is 11.2. The van der Waals surface area contributed by atoms with E-state index in [2.05, 4.69) is 25.7 Å². The van der Waals surface area contributed by atoms with Crippen molar-refractivity contribution in [2.75, 3.05) is 10.6 Å². The molecule has 1 aromatic heterocycles. The molecule has 232 valence electrons. The second-order valence-corrected chi connectivity index (χ2v) is 13.8. The van der Waals surface area contributed by atoms with Gasteiger partial charge in [-0.05, 0) is 70.5 Å². The van der Waals surface area contributed by atoms with E-state index in [0.29, 0.717) is 22.0 Å². The van der Waals surface area contributed by atoms with E-state index in [-0.39, 0.29) is 27.9 Å². The first-order valence-electron chi connectivity index (χ1n) is 13.7. The van der Waals surface area contributed by atoms with Crippen LogP contribution in [-0.4, -0.2) is 37.2 Å². The lowest BCUT2D eigenvalue weighted by Crippen LogP contribution is -2.40. The third kappa shape index (κ3) is 8.85. The number of amides is 3. The van der Waals surface area contributed by atoms with Crippen molar-refractivity contribution < 1.29 is 27.1 Å². The van der Waals surface area contributed by atoms with Gasteiger partial charge in [-0.15, -0.1) is 11.3 Å². The fraction of sp³-hybridized carbons (Fsp3) is 0.258. The molecular weight excluding hydrogens is 606 g/mol. The number of rotatable bonds is 9. The summed E-state index contributed by atoms with van der Waals surface area (Å²) in [6, 6.07) is 17.6. The number of aromatic nitrogens is 1. The molecular formula is C31H34FN5O5S2. The van der Waals surface area contributed by atoms with Crippen molar-refractivity contribution in [3.8, 4) is 21.0 Å². The van der Waals surface area contributed by atoms with Crippen LogP contribution in [0.5, 0.6) is 0 Å². The second kappa shape index (κ2) is 13.5. The molecule has 0 aliphatic rings. The molecule has 3 amide bonds. The number of nitrogens with zero attached hydrogens (tertiary/aromatic N) is 1. The minimum atomic E-state index is -4.07. The zero-order chi connectivity index (χ0) is 32.1. The van der Waals surface area contributed by atoms with Crippen molar-refractivity contribution >= 4 is 44.9 Å². The molecule has 10 nitrogen and oxygen atoms in total. The molecule has 1 heterocycles. The molecule has 44 heavy (non-hydrogen) atoms. The Kier molecular flexibility index (Phi) is 10.0. The molecule has 3 aromatic carbocycles. The van der Waals surface area contributed by atoms with Gasteiger partial charge in [0.15, 0.2) is 0 Å². The zero-order valence-corrected chi connectivity index (χ0v) is 26.5. The molecule has 4 rings (SSSR count). The van der Waals surface area contributed by atoms with Crippen LogP contribution in [0.1, 0.15) is 40.2 Å². The number of halogens is 1. The van der Waals surface area contributed by atoms with Crippen molar-refractivity contribution in [2.45, 2.75) is 57.7 Å². The SMILES string of the molecule is CC(C)OC(=O)Nc1ccc(-c2ncc(-c3ccc(NC(=O)NCc4ccccc4)cc3S(=O)(=O)NC(C)(C)C)s2)c(F)c1. The Bertz CT molecular complexity index is 1750. The predicted octanol–water partition coefficient (Wildman–Crippen LogP) is 6.97. The van der Waals surface area contributed by atoms with Crippen molar-refractivity contribution in [1.82, 2.24) is 15.0 Å². The number of carbonyl (C=O) groups excluding carboxylic acids is 2. The van der Waals surface area contributed by atoms with Crippen molar-refractivity contribution in [3.05, 3.63) is 84.3 Å². The summed E-state index contributed by atoms with van der Waals surface area (Å²) in [6.07, 6.45) is 0.436. The van der Waals surface area contributed by atoms with E-state index in [1.54, 1.807) is 46.8 Å². The summed E-state index contributed by atoms with van der Waals surface area (Å²) in [6.45, 7) is 8.86. The van der Waals surface area contributed by atoms with E-state index in [4.69, 9.17) is 4.74 Å². The lowest BCUT2D eigenvalue weighted by Gasteiger charge is -2.22. The number of nitrogens with one attached hydrogen (secondary N) is 4. The molecule has 0 aliphatic heterocycles. The van der Waals surface area contributed by atoms with Gasteiger partial charge in [-0.3, -0.25) is 5.32 Å². The molecule has 0 spiro atoms. The predicted molar refractivity (Wildman–Crippen MR) is 171 cm³/mol. The number of carbonyl (C=O) groups is 2. The Morgan fingerprint density at radius 2 is 1.61 bits per heavy atom. The largest absolute Gasteiger partial charge is 0.447 e. The van der Waals surface area contributed by atoms with Gasteiger partial charge in [0.1, 0.15) is 10.8 Å². The van der Waals surface area contributed by atoms with Crippen LogP contribution in [0, 0.1) is 5.82 Å². The van der Waals surface area contributed by atoms with E-state index >= 15 is 4.39 Å². The van der Waals surface area contributed by atoms with Crippen LogP contribution < -0.4 is 20.7 Å². The van der Waals surface area contributed by atoms with Gasteiger partial charge in [0.2, 0.25) is 10.0 Å². The number of hydrogen-bond donors (Lipinski definition) is 4. The minimum Gasteiger partial charge on any atom is -0.447 e. The van der Waals surface area contributed by atoms with Crippen LogP contribution >= 0.6 is 11.3 Å². The van der Waals surface area contributed by atoms with Crippen LogP contribution in [0.2, 0.25) is 0 Å². The van der Waals surface area contributed by atoms with Crippen LogP contribution in [0.15, 0.2) is 77.8 Å². The van der Waals surface area contributed by atoms with Crippen LogP contribution in [-0.2, 0) is 21.3 Å². The average molecular weight is 640 g/mol. The quantitative estimate of drug-likeness (QED) is 0.156. The first-order chi connectivity index (χ1) is 20.7. The lowest BCUT2D eigenvalue weighted by atomic mass is 10.1. The van der Waals surface area contributed by atoms with Crippen LogP contribution in [0.25, 0.3) is 21.0 Å². The van der Waals surface area contributed by atoms with Crippen LogP contribution in [0.4, 0.5) is 25.4 Å². The topological polar surface area (TPSA) is 139 Å². The van der Waals surface area contributed by atoms with Crippen molar-refractivity contribution in [2.24, 2.45) is 0 Å². The van der Waals surface area contributed by atoms with Gasteiger partial charge in [-0.1, -0.05) is 36.4 Å². The Morgan fingerprint density at radius 3 is 2.25 bits per heavy atom. The van der Waals surface area contributed by atoms with E-state index in [1.807, 2.05) is 30.3 Å². The molecule has 4 aromatic rings. The Morgan fingerprint density at radius 1 is 0.955 bits per heavy atom. The number of ether oxygens (including phenoxy) is 1. The third-order valence-corrected chi connectivity index (χ3v) is 8.69. The smallest absolute Gasteiger partial charge is 0.411 e. The Hall–Kier alpha value is -4.33. The number of hydrogen-bond acceptors (Lipinski definition) is 7. The molecule has 0 fully saturated rings. The number of sulfonamides is 1. The zero-order valence-electron chi connectivity index (χ0n) is 24.9. The van der Waals surface area contributed by atoms with Gasteiger partial charge >= 0.3 is 12.1 Å². The Balaban J connectivity index is 1.61. The molecule has 0 unspecified atom stereocenters. The summed E-state index contributed by atoms with van der Waals surface area (Å²) in [4.78, 5) is 29.2. The van der Waals surface area contributed by atoms with Crippen LogP contribution in [0.3, 0.4) is 0 Å². The highest BCUT2D eigenvalue weighted by atomic mass is 32.2. The summed E-state index contributed by atoms with van der Waals surface area (Å²) in [5.41, 5.74) is 1.11. The summed E-state index contributed by atoms with van der Waals surface area (Å²) in [5.74, 6) is -0.628. The van der Waals surface area contributed by atoms with E-state index < -0.39 is 33.5 Å².